The normalized spacial score (nSPS) is 16.0. The van der Waals surface area contributed by atoms with Crippen molar-refractivity contribution in [1.82, 2.24) is 4.90 Å². The van der Waals surface area contributed by atoms with Gasteiger partial charge in [-0.25, -0.2) is 0 Å². The number of rotatable bonds is 6. The molecule has 0 saturated carbocycles. The summed E-state index contributed by atoms with van der Waals surface area (Å²) in [6.07, 6.45) is 1.49. The Bertz CT molecular complexity index is 1440. The minimum Gasteiger partial charge on any atom is -0.503 e. The molecule has 0 spiro atoms. The highest BCUT2D eigenvalue weighted by molar-refractivity contribution is 6.31. The molecular weight excluding hydrogens is 481 g/mol. The minimum atomic E-state index is -0.888. The molecule has 1 amide bonds. The number of hydrogen-bond donors (Lipinski definition) is 1. The summed E-state index contributed by atoms with van der Waals surface area (Å²) in [5, 5.41) is 12.3. The monoisotopic (exact) mass is 497 g/mol. The van der Waals surface area contributed by atoms with Gasteiger partial charge in [0.25, 0.3) is 5.91 Å². The molecule has 9 heteroatoms. The second-order valence-corrected chi connectivity index (χ2v) is 8.57. The Morgan fingerprint density at radius 2 is 1.88 bits per heavy atom. The van der Waals surface area contributed by atoms with Crippen molar-refractivity contribution in [2.75, 3.05) is 7.11 Å². The van der Waals surface area contributed by atoms with E-state index in [0.29, 0.717) is 38.1 Å². The van der Waals surface area contributed by atoms with Gasteiger partial charge in [0.1, 0.15) is 5.76 Å². The van der Waals surface area contributed by atoms with Crippen LogP contribution in [0.15, 0.2) is 81.0 Å². The Morgan fingerprint density at radius 3 is 2.56 bits per heavy atom. The summed E-state index contributed by atoms with van der Waals surface area (Å²) in [5.41, 5.74) is 0.812. The van der Waals surface area contributed by atoms with Crippen LogP contribution in [-0.4, -0.2) is 28.8 Å². The van der Waals surface area contributed by atoms with E-state index < -0.39 is 23.5 Å². The molecule has 0 fully saturated rings. The van der Waals surface area contributed by atoms with Crippen molar-refractivity contribution in [1.29, 1.82) is 0 Å². The molecule has 34 heavy (non-hydrogen) atoms. The Morgan fingerprint density at radius 1 is 1.12 bits per heavy atom. The predicted octanol–water partition coefficient (Wildman–Crippen LogP) is 6.12. The highest BCUT2D eigenvalue weighted by atomic mass is 35.5. The van der Waals surface area contributed by atoms with E-state index >= 15 is 0 Å². The molecule has 1 aliphatic rings. The first-order valence-electron chi connectivity index (χ1n) is 10.2. The van der Waals surface area contributed by atoms with Crippen LogP contribution >= 0.6 is 23.2 Å². The lowest BCUT2D eigenvalue weighted by Crippen LogP contribution is -2.30. The predicted molar refractivity (Wildman–Crippen MR) is 125 cm³/mol. The van der Waals surface area contributed by atoms with Crippen LogP contribution in [0.4, 0.5) is 0 Å². The van der Waals surface area contributed by atoms with E-state index in [1.807, 2.05) is 0 Å². The number of ether oxygens (including phenoxy) is 1. The molecule has 172 valence electrons. The van der Waals surface area contributed by atoms with E-state index in [4.69, 9.17) is 36.8 Å². The number of Topliss-reactive ketones (excluding diaryl/α,β-unsaturated/α-hetero) is 1. The number of aliphatic hydroxyl groups excluding tert-OH is 1. The van der Waals surface area contributed by atoms with Gasteiger partial charge in [-0.05, 0) is 42.0 Å². The number of furan rings is 2. The average Bonchev–Trinajstić information content (AvgIpc) is 3.54. The van der Waals surface area contributed by atoms with Crippen LogP contribution in [0.2, 0.25) is 10.0 Å². The Hall–Kier alpha value is -3.68. The van der Waals surface area contributed by atoms with Gasteiger partial charge in [-0.1, -0.05) is 35.3 Å². The van der Waals surface area contributed by atoms with E-state index in [-0.39, 0.29) is 17.9 Å². The zero-order valence-corrected chi connectivity index (χ0v) is 19.3. The second kappa shape index (κ2) is 8.59. The molecule has 0 aliphatic carbocycles. The van der Waals surface area contributed by atoms with Gasteiger partial charge in [0.05, 0.1) is 31.5 Å². The number of methoxy groups -OCH3 is 1. The lowest BCUT2D eigenvalue weighted by Gasteiger charge is -2.25. The Balaban J connectivity index is 1.61. The molecule has 1 aliphatic heterocycles. The molecule has 1 atom stereocenters. The number of halogens is 2. The van der Waals surface area contributed by atoms with Gasteiger partial charge in [0, 0.05) is 21.5 Å². The van der Waals surface area contributed by atoms with Gasteiger partial charge in [-0.3, -0.25) is 9.59 Å². The fraction of sp³-hybridized carbons (Fsp3) is 0.120. The van der Waals surface area contributed by atoms with Gasteiger partial charge < -0.3 is 23.6 Å². The smallest absolute Gasteiger partial charge is 0.290 e. The Labute approximate surface area is 203 Å². The first-order valence-corrected chi connectivity index (χ1v) is 11.0. The van der Waals surface area contributed by atoms with Crippen LogP contribution < -0.4 is 4.74 Å². The summed E-state index contributed by atoms with van der Waals surface area (Å²) in [4.78, 5) is 28.1. The number of carbonyl (C=O) groups is 2. The largest absolute Gasteiger partial charge is 0.503 e. The van der Waals surface area contributed by atoms with Crippen molar-refractivity contribution in [3.63, 3.8) is 0 Å². The van der Waals surface area contributed by atoms with Crippen LogP contribution in [0.3, 0.4) is 0 Å². The second-order valence-electron chi connectivity index (χ2n) is 7.69. The maximum Gasteiger partial charge on any atom is 0.290 e. The Kier molecular flexibility index (Phi) is 5.59. The summed E-state index contributed by atoms with van der Waals surface area (Å²) in [6, 6.07) is 13.9. The third-order valence-corrected chi connectivity index (χ3v) is 6.10. The first kappa shape index (κ1) is 22.1. The molecule has 3 heterocycles. The highest BCUT2D eigenvalue weighted by Crippen LogP contribution is 2.41. The van der Waals surface area contributed by atoms with Crippen molar-refractivity contribution in [3.05, 3.63) is 99.3 Å². The highest BCUT2D eigenvalue weighted by Gasteiger charge is 2.45. The molecule has 5 rings (SSSR count). The van der Waals surface area contributed by atoms with Crippen LogP contribution in [0.1, 0.15) is 27.9 Å². The van der Waals surface area contributed by atoms with E-state index in [0.717, 1.165) is 0 Å². The molecule has 2 aromatic heterocycles. The number of amides is 1. The maximum absolute atomic E-state index is 13.6. The van der Waals surface area contributed by atoms with E-state index in [9.17, 15) is 14.7 Å². The third-order valence-electron chi connectivity index (χ3n) is 5.63. The van der Waals surface area contributed by atoms with Crippen molar-refractivity contribution < 1.29 is 28.3 Å². The van der Waals surface area contributed by atoms with Crippen LogP contribution in [-0.2, 0) is 11.3 Å². The van der Waals surface area contributed by atoms with E-state index in [1.54, 1.807) is 48.5 Å². The van der Waals surface area contributed by atoms with Crippen molar-refractivity contribution in [2.24, 2.45) is 0 Å². The number of ketones is 1. The topological polar surface area (TPSA) is 93.1 Å². The van der Waals surface area contributed by atoms with Crippen LogP contribution in [0, 0.1) is 0 Å². The number of nitrogens with zero attached hydrogens (tertiary/aromatic N) is 1. The maximum atomic E-state index is 13.6. The standard InChI is InChI=1S/C25H17Cl2NO6/c1-32-19-11-16(27)9-14-10-18(34-24(14)19)22(29)20-21(13-4-6-15(26)7-5-13)28(25(31)23(20)30)12-17-3-2-8-33-17/h2-11,21,30H,12H2,1H3. The van der Waals surface area contributed by atoms with Crippen molar-refractivity contribution in [3.8, 4) is 5.75 Å². The van der Waals surface area contributed by atoms with Gasteiger partial charge in [0.15, 0.2) is 22.9 Å². The molecule has 2 aromatic carbocycles. The zero-order valence-electron chi connectivity index (χ0n) is 17.7. The van der Waals surface area contributed by atoms with Crippen LogP contribution in [0.5, 0.6) is 5.75 Å². The zero-order chi connectivity index (χ0) is 24.0. The lowest BCUT2D eigenvalue weighted by molar-refractivity contribution is -0.130. The van der Waals surface area contributed by atoms with Crippen LogP contribution in [0.25, 0.3) is 11.0 Å². The fourth-order valence-electron chi connectivity index (χ4n) is 4.09. The lowest BCUT2D eigenvalue weighted by atomic mass is 9.95. The number of aliphatic hydroxyl groups is 1. The number of carbonyl (C=O) groups excluding carboxylic acids is 2. The molecule has 1 N–H and O–H groups in total. The number of hydrogen-bond acceptors (Lipinski definition) is 6. The molecular formula is C25H17Cl2NO6. The summed E-state index contributed by atoms with van der Waals surface area (Å²) in [5.74, 6) is -1.20. The van der Waals surface area contributed by atoms with Gasteiger partial charge in [0.2, 0.25) is 5.78 Å². The van der Waals surface area contributed by atoms with Gasteiger partial charge >= 0.3 is 0 Å². The fourth-order valence-corrected chi connectivity index (χ4v) is 4.44. The molecule has 0 saturated heterocycles. The van der Waals surface area contributed by atoms with Gasteiger partial charge in [-0.15, -0.1) is 0 Å². The van der Waals surface area contributed by atoms with E-state index in [2.05, 4.69) is 0 Å². The summed E-state index contributed by atoms with van der Waals surface area (Å²) < 4.78 is 16.5. The van der Waals surface area contributed by atoms with Gasteiger partial charge in [-0.2, -0.15) is 0 Å². The van der Waals surface area contributed by atoms with Crippen molar-refractivity contribution in [2.45, 2.75) is 12.6 Å². The quantitative estimate of drug-likeness (QED) is 0.322. The molecule has 4 aromatic rings. The third kappa shape index (κ3) is 3.73. The van der Waals surface area contributed by atoms with E-state index in [1.165, 1.54) is 24.3 Å². The average molecular weight is 498 g/mol. The summed E-state index contributed by atoms with van der Waals surface area (Å²) in [6.45, 7) is 0.0452. The first-order chi connectivity index (χ1) is 16.4. The number of benzene rings is 2. The molecule has 0 bridgehead atoms. The van der Waals surface area contributed by atoms with Crippen molar-refractivity contribution >= 4 is 45.9 Å². The molecule has 0 radical (unpaired) electrons. The number of fused-ring (bicyclic) bond motifs is 1. The summed E-state index contributed by atoms with van der Waals surface area (Å²) in [7, 11) is 1.46. The minimum absolute atomic E-state index is 0.0452. The molecule has 1 unspecified atom stereocenters. The summed E-state index contributed by atoms with van der Waals surface area (Å²) >= 11 is 12.2. The molecule has 7 nitrogen and oxygen atoms in total. The SMILES string of the molecule is COc1cc(Cl)cc2cc(C(=O)C3=C(O)C(=O)N(Cc4ccco4)C3c3ccc(Cl)cc3)oc12.